The molecule has 0 aliphatic heterocycles. The van der Waals surface area contributed by atoms with Gasteiger partial charge in [-0.1, -0.05) is 0 Å². The minimum Gasteiger partial charge on any atom is -0.508 e. The van der Waals surface area contributed by atoms with Crippen LogP contribution in [0.3, 0.4) is 0 Å². The lowest BCUT2D eigenvalue weighted by atomic mass is 10.00. The number of ketones is 2. The van der Waals surface area contributed by atoms with E-state index in [1.807, 2.05) is 0 Å². The SMILES string of the molecule is COc1cc(C(=O)CC(=O)c2ccc(O)cc2O)cc(OC)c1OC. The number of carbonyl (C=O) groups is 2. The van der Waals surface area contributed by atoms with Crippen molar-refractivity contribution in [2.45, 2.75) is 6.42 Å². The summed E-state index contributed by atoms with van der Waals surface area (Å²) < 4.78 is 15.5. The van der Waals surface area contributed by atoms with Crippen molar-refractivity contribution in [3.05, 3.63) is 41.5 Å². The Morgan fingerprint density at radius 1 is 0.880 bits per heavy atom. The number of carbonyl (C=O) groups excluding carboxylic acids is 2. The first-order valence-corrected chi connectivity index (χ1v) is 7.29. The summed E-state index contributed by atoms with van der Waals surface area (Å²) in [6, 6.07) is 6.46. The molecule has 0 atom stereocenters. The number of phenolic OH excluding ortho intramolecular Hbond substituents is 2. The van der Waals surface area contributed by atoms with Crippen molar-refractivity contribution in [3.63, 3.8) is 0 Å². The first kappa shape index (κ1) is 18.1. The molecule has 0 saturated heterocycles. The van der Waals surface area contributed by atoms with Crippen molar-refractivity contribution in [1.29, 1.82) is 0 Å². The molecule has 2 aromatic rings. The maximum Gasteiger partial charge on any atom is 0.203 e. The van der Waals surface area contributed by atoms with Crippen LogP contribution in [0.5, 0.6) is 28.7 Å². The lowest BCUT2D eigenvalue weighted by molar-refractivity contribution is 0.0892. The van der Waals surface area contributed by atoms with Crippen molar-refractivity contribution in [3.8, 4) is 28.7 Å². The van der Waals surface area contributed by atoms with Gasteiger partial charge in [0.1, 0.15) is 11.5 Å². The molecule has 25 heavy (non-hydrogen) atoms. The molecule has 0 saturated carbocycles. The third-order valence-corrected chi connectivity index (χ3v) is 3.59. The van der Waals surface area contributed by atoms with Gasteiger partial charge in [0.25, 0.3) is 0 Å². The Bertz CT molecular complexity index is 786. The summed E-state index contributed by atoms with van der Waals surface area (Å²) in [4.78, 5) is 24.7. The molecule has 0 radical (unpaired) electrons. The van der Waals surface area contributed by atoms with Crippen LogP contribution >= 0.6 is 0 Å². The molecule has 0 unspecified atom stereocenters. The van der Waals surface area contributed by atoms with E-state index >= 15 is 0 Å². The molecule has 0 aliphatic carbocycles. The summed E-state index contributed by atoms with van der Waals surface area (Å²) >= 11 is 0. The number of ether oxygens (including phenoxy) is 3. The third-order valence-electron chi connectivity index (χ3n) is 3.59. The molecule has 0 bridgehead atoms. The maximum absolute atomic E-state index is 12.4. The highest BCUT2D eigenvalue weighted by atomic mass is 16.5. The van der Waals surface area contributed by atoms with Crippen LogP contribution in [0, 0.1) is 0 Å². The Hall–Kier alpha value is -3.22. The van der Waals surface area contributed by atoms with Crippen LogP contribution in [0.1, 0.15) is 27.1 Å². The van der Waals surface area contributed by atoms with Gasteiger partial charge >= 0.3 is 0 Å². The van der Waals surface area contributed by atoms with Crippen LogP contribution in [0.15, 0.2) is 30.3 Å². The van der Waals surface area contributed by atoms with Gasteiger partial charge in [0.2, 0.25) is 5.75 Å². The monoisotopic (exact) mass is 346 g/mol. The Morgan fingerprint density at radius 2 is 1.48 bits per heavy atom. The van der Waals surface area contributed by atoms with E-state index in [0.717, 1.165) is 6.07 Å². The van der Waals surface area contributed by atoms with Gasteiger partial charge in [0.05, 0.1) is 33.3 Å². The fraction of sp³-hybridized carbons (Fsp3) is 0.222. The fourth-order valence-electron chi connectivity index (χ4n) is 2.34. The zero-order chi connectivity index (χ0) is 18.6. The average molecular weight is 346 g/mol. The molecule has 0 aliphatic rings. The highest BCUT2D eigenvalue weighted by Gasteiger charge is 2.21. The van der Waals surface area contributed by atoms with Crippen LogP contribution in [0.4, 0.5) is 0 Å². The quantitative estimate of drug-likeness (QED) is 0.587. The standard InChI is InChI=1S/C18H18O7/c1-23-16-6-10(7-17(24-2)18(16)25-3)13(20)9-15(22)12-5-4-11(19)8-14(12)21/h4-8,19,21H,9H2,1-3H3. The van der Waals surface area contributed by atoms with E-state index < -0.39 is 18.0 Å². The molecular weight excluding hydrogens is 328 g/mol. The molecule has 0 fully saturated rings. The number of phenols is 2. The number of Topliss-reactive ketones (excluding diaryl/α,β-unsaturated/α-hetero) is 2. The Labute approximate surface area is 144 Å². The number of aromatic hydroxyl groups is 2. The highest BCUT2D eigenvalue weighted by molar-refractivity contribution is 6.14. The molecule has 7 nitrogen and oxygen atoms in total. The van der Waals surface area contributed by atoms with Crippen molar-refractivity contribution in [1.82, 2.24) is 0 Å². The van der Waals surface area contributed by atoms with E-state index in [1.165, 1.54) is 45.6 Å². The summed E-state index contributed by atoms with van der Waals surface area (Å²) in [6.45, 7) is 0. The van der Waals surface area contributed by atoms with Gasteiger partial charge in [0, 0.05) is 11.6 Å². The molecule has 0 heterocycles. The van der Waals surface area contributed by atoms with Crippen molar-refractivity contribution in [2.24, 2.45) is 0 Å². The first-order chi connectivity index (χ1) is 11.9. The molecule has 0 amide bonds. The second kappa shape index (κ2) is 7.57. The van der Waals surface area contributed by atoms with E-state index in [4.69, 9.17) is 14.2 Å². The van der Waals surface area contributed by atoms with Crippen LogP contribution in [0.2, 0.25) is 0 Å². The predicted molar refractivity (Wildman–Crippen MR) is 89.1 cm³/mol. The smallest absolute Gasteiger partial charge is 0.203 e. The first-order valence-electron chi connectivity index (χ1n) is 7.29. The summed E-state index contributed by atoms with van der Waals surface area (Å²) in [5.74, 6) is -0.681. The lowest BCUT2D eigenvalue weighted by Crippen LogP contribution is -2.09. The molecule has 2 N–H and O–H groups in total. The summed E-state index contributed by atoms with van der Waals surface area (Å²) in [7, 11) is 4.29. The molecule has 0 spiro atoms. The zero-order valence-corrected chi connectivity index (χ0v) is 14.0. The third kappa shape index (κ3) is 3.82. The Kier molecular flexibility index (Phi) is 5.49. The minimum atomic E-state index is -0.573. The largest absolute Gasteiger partial charge is 0.508 e. The van der Waals surface area contributed by atoms with Crippen LogP contribution in [-0.4, -0.2) is 43.1 Å². The van der Waals surface area contributed by atoms with Gasteiger partial charge in [-0.15, -0.1) is 0 Å². The second-order valence-corrected chi connectivity index (χ2v) is 5.14. The van der Waals surface area contributed by atoms with Crippen molar-refractivity contribution >= 4 is 11.6 Å². The second-order valence-electron chi connectivity index (χ2n) is 5.14. The van der Waals surface area contributed by atoms with Gasteiger partial charge in [-0.2, -0.15) is 0 Å². The predicted octanol–water partition coefficient (Wildman–Crippen LogP) is 2.58. The van der Waals surface area contributed by atoms with E-state index in [1.54, 1.807) is 0 Å². The van der Waals surface area contributed by atoms with Crippen molar-refractivity contribution < 1.29 is 34.0 Å². The number of hydrogen-bond donors (Lipinski definition) is 2. The van der Waals surface area contributed by atoms with Crippen LogP contribution < -0.4 is 14.2 Å². The highest BCUT2D eigenvalue weighted by Crippen LogP contribution is 2.38. The number of rotatable bonds is 7. The topological polar surface area (TPSA) is 102 Å². The molecule has 2 aromatic carbocycles. The van der Waals surface area contributed by atoms with E-state index in [2.05, 4.69) is 0 Å². The minimum absolute atomic E-state index is 0.0430. The normalized spacial score (nSPS) is 10.2. The average Bonchev–Trinajstić information content (AvgIpc) is 2.59. The van der Waals surface area contributed by atoms with Gasteiger partial charge < -0.3 is 24.4 Å². The lowest BCUT2D eigenvalue weighted by Gasteiger charge is -2.13. The summed E-state index contributed by atoms with van der Waals surface area (Å²) in [5, 5.41) is 19.0. The molecule has 7 heteroatoms. The van der Waals surface area contributed by atoms with Crippen LogP contribution in [-0.2, 0) is 0 Å². The summed E-state index contributed by atoms with van der Waals surface area (Å²) in [6.07, 6.45) is -0.461. The number of benzene rings is 2. The Morgan fingerprint density at radius 3 is 1.96 bits per heavy atom. The molecule has 0 aromatic heterocycles. The molecular formula is C18H18O7. The molecule has 2 rings (SSSR count). The fourth-order valence-corrected chi connectivity index (χ4v) is 2.34. The number of methoxy groups -OCH3 is 3. The van der Waals surface area contributed by atoms with E-state index in [-0.39, 0.29) is 22.6 Å². The van der Waals surface area contributed by atoms with Crippen molar-refractivity contribution in [2.75, 3.05) is 21.3 Å². The van der Waals surface area contributed by atoms with Gasteiger partial charge in [-0.25, -0.2) is 0 Å². The van der Waals surface area contributed by atoms with E-state index in [0.29, 0.717) is 17.2 Å². The van der Waals surface area contributed by atoms with Gasteiger partial charge in [-0.05, 0) is 24.3 Å². The number of hydrogen-bond acceptors (Lipinski definition) is 7. The Balaban J connectivity index is 2.30. The maximum atomic E-state index is 12.4. The van der Waals surface area contributed by atoms with Gasteiger partial charge in [-0.3, -0.25) is 9.59 Å². The zero-order valence-electron chi connectivity index (χ0n) is 14.0. The van der Waals surface area contributed by atoms with E-state index in [9.17, 15) is 19.8 Å². The molecule has 132 valence electrons. The van der Waals surface area contributed by atoms with Gasteiger partial charge in [0.15, 0.2) is 23.1 Å². The van der Waals surface area contributed by atoms with Crippen LogP contribution in [0.25, 0.3) is 0 Å². The summed E-state index contributed by atoms with van der Waals surface area (Å²) in [5.41, 5.74) is 0.166.